The van der Waals surface area contributed by atoms with E-state index in [1.807, 2.05) is 12.3 Å². The molecule has 1 aromatic carbocycles. The molecular weight excluding hydrogens is 330 g/mol. The van der Waals surface area contributed by atoms with Crippen LogP contribution in [0.25, 0.3) is 0 Å². The number of ether oxygens (including phenoxy) is 1. The number of hydrogen-bond donors (Lipinski definition) is 2. The number of nitrogens with zero attached hydrogens (tertiary/aromatic N) is 3. The number of amides is 2. The summed E-state index contributed by atoms with van der Waals surface area (Å²) in [5, 5.41) is 10.1. The fraction of sp³-hybridized carbons (Fsp3) is 0.474. The van der Waals surface area contributed by atoms with Crippen LogP contribution in [0.1, 0.15) is 12.8 Å². The predicted molar refractivity (Wildman–Crippen MR) is 103 cm³/mol. The van der Waals surface area contributed by atoms with E-state index in [0.29, 0.717) is 31.4 Å². The van der Waals surface area contributed by atoms with Gasteiger partial charge in [0.05, 0.1) is 13.2 Å². The summed E-state index contributed by atoms with van der Waals surface area (Å²) in [5.74, 6) is 1.00. The lowest BCUT2D eigenvalue weighted by molar-refractivity contribution is 0.183. The van der Waals surface area contributed by atoms with Crippen LogP contribution in [0.2, 0.25) is 0 Å². The molecule has 1 fully saturated rings. The summed E-state index contributed by atoms with van der Waals surface area (Å²) < 4.78 is 6.77. The van der Waals surface area contributed by atoms with Crippen LogP contribution in [0.5, 0.6) is 0 Å². The van der Waals surface area contributed by atoms with Gasteiger partial charge in [-0.1, -0.05) is 18.2 Å². The number of aromatic nitrogens is 2. The number of carbonyl (C=O) groups is 1. The van der Waals surface area contributed by atoms with Gasteiger partial charge in [-0.05, 0) is 30.9 Å². The summed E-state index contributed by atoms with van der Waals surface area (Å²) in [6.07, 6.45) is 4.11. The van der Waals surface area contributed by atoms with Crippen LogP contribution in [0.3, 0.4) is 0 Å². The summed E-state index contributed by atoms with van der Waals surface area (Å²) in [7, 11) is 1.65. The van der Waals surface area contributed by atoms with Crippen LogP contribution in [-0.4, -0.2) is 49.2 Å². The highest BCUT2D eigenvalue weighted by molar-refractivity contribution is 5.88. The lowest BCUT2D eigenvalue weighted by atomic mass is 9.97. The van der Waals surface area contributed by atoms with Gasteiger partial charge in [0, 0.05) is 44.7 Å². The van der Waals surface area contributed by atoms with E-state index in [4.69, 9.17) is 4.74 Å². The Bertz CT molecular complexity index is 688. The maximum Gasteiger partial charge on any atom is 0.320 e. The first-order valence-electron chi connectivity index (χ1n) is 9.12. The van der Waals surface area contributed by atoms with Crippen LogP contribution in [0.15, 0.2) is 42.6 Å². The van der Waals surface area contributed by atoms with E-state index >= 15 is 0 Å². The second kappa shape index (κ2) is 9.24. The number of urea groups is 1. The molecule has 0 aliphatic carbocycles. The topological polar surface area (TPSA) is 71.4 Å². The number of benzene rings is 1. The third-order valence-corrected chi connectivity index (χ3v) is 4.60. The molecule has 1 atom stereocenters. The van der Waals surface area contributed by atoms with Crippen molar-refractivity contribution >= 4 is 17.5 Å². The van der Waals surface area contributed by atoms with Gasteiger partial charge in [-0.25, -0.2) is 4.79 Å². The number of para-hydroxylation sites is 1. The van der Waals surface area contributed by atoms with Crippen molar-refractivity contribution in [3.63, 3.8) is 0 Å². The molecule has 26 heavy (non-hydrogen) atoms. The normalized spacial score (nSPS) is 17.1. The molecular formula is C19H27N5O2. The Morgan fingerprint density at radius 2 is 2.15 bits per heavy atom. The van der Waals surface area contributed by atoms with Crippen LogP contribution in [-0.2, 0) is 11.3 Å². The van der Waals surface area contributed by atoms with Gasteiger partial charge in [0.1, 0.15) is 0 Å². The molecule has 2 aromatic rings. The van der Waals surface area contributed by atoms with Crippen molar-refractivity contribution in [2.45, 2.75) is 19.4 Å². The molecule has 3 rings (SSSR count). The van der Waals surface area contributed by atoms with E-state index in [1.54, 1.807) is 17.9 Å². The highest BCUT2D eigenvalue weighted by Crippen LogP contribution is 2.22. The molecule has 0 spiro atoms. The van der Waals surface area contributed by atoms with E-state index in [9.17, 15) is 4.79 Å². The van der Waals surface area contributed by atoms with Crippen molar-refractivity contribution in [2.24, 2.45) is 5.92 Å². The zero-order chi connectivity index (χ0) is 18.2. The summed E-state index contributed by atoms with van der Waals surface area (Å²) in [4.78, 5) is 14.5. The first kappa shape index (κ1) is 18.3. The lowest BCUT2D eigenvalue weighted by Crippen LogP contribution is -2.42. The number of carbonyl (C=O) groups excluding carboxylic acids is 1. The number of nitrogens with one attached hydrogen (secondary N) is 2. The Hall–Kier alpha value is -2.54. The molecule has 2 heterocycles. The molecule has 7 heteroatoms. The minimum atomic E-state index is -0.209. The minimum Gasteiger partial charge on any atom is -0.383 e. The van der Waals surface area contributed by atoms with Crippen molar-refractivity contribution in [3.05, 3.63) is 42.6 Å². The summed E-state index contributed by atoms with van der Waals surface area (Å²) in [6.45, 7) is 3.96. The molecule has 2 N–H and O–H groups in total. The third-order valence-electron chi connectivity index (χ3n) is 4.60. The molecule has 1 unspecified atom stereocenters. The first-order chi connectivity index (χ1) is 12.7. The Morgan fingerprint density at radius 3 is 2.96 bits per heavy atom. The number of hydrogen-bond acceptors (Lipinski definition) is 4. The van der Waals surface area contributed by atoms with E-state index in [2.05, 4.69) is 44.9 Å². The summed E-state index contributed by atoms with van der Waals surface area (Å²) in [6, 6.07) is 12.0. The highest BCUT2D eigenvalue weighted by Gasteiger charge is 2.20. The number of rotatable bonds is 7. The Kier molecular flexibility index (Phi) is 6.49. The smallest absolute Gasteiger partial charge is 0.320 e. The highest BCUT2D eigenvalue weighted by atomic mass is 16.5. The predicted octanol–water partition coefficient (Wildman–Crippen LogP) is 2.57. The molecule has 2 amide bonds. The SMILES string of the molecule is COCCn1ccc(NC(=O)NCC2CCCN(c3ccccc3)C2)n1. The minimum absolute atomic E-state index is 0.209. The Balaban J connectivity index is 1.43. The van der Waals surface area contributed by atoms with E-state index in [0.717, 1.165) is 25.9 Å². The Morgan fingerprint density at radius 1 is 1.31 bits per heavy atom. The number of methoxy groups -OCH3 is 1. The second-order valence-corrected chi connectivity index (χ2v) is 6.58. The molecule has 7 nitrogen and oxygen atoms in total. The standard InChI is InChI=1S/C19H27N5O2/c1-26-13-12-24-11-9-18(22-24)21-19(25)20-14-16-6-5-10-23(15-16)17-7-3-2-4-8-17/h2-4,7-9,11,16H,5-6,10,12-15H2,1H3,(H2,20,21,22,25). The van der Waals surface area contributed by atoms with E-state index < -0.39 is 0 Å². The van der Waals surface area contributed by atoms with Crippen molar-refractivity contribution < 1.29 is 9.53 Å². The number of piperidine rings is 1. The quantitative estimate of drug-likeness (QED) is 0.799. The third kappa shape index (κ3) is 5.23. The van der Waals surface area contributed by atoms with Gasteiger partial charge < -0.3 is 15.0 Å². The van der Waals surface area contributed by atoms with Gasteiger partial charge in [-0.3, -0.25) is 10.00 Å². The van der Waals surface area contributed by atoms with Gasteiger partial charge in [-0.15, -0.1) is 0 Å². The van der Waals surface area contributed by atoms with Gasteiger partial charge in [0.2, 0.25) is 0 Å². The van der Waals surface area contributed by atoms with Crippen LogP contribution < -0.4 is 15.5 Å². The van der Waals surface area contributed by atoms with Crippen LogP contribution in [0.4, 0.5) is 16.3 Å². The summed E-state index contributed by atoms with van der Waals surface area (Å²) in [5.41, 5.74) is 1.25. The maximum absolute atomic E-state index is 12.1. The zero-order valence-corrected chi connectivity index (χ0v) is 15.2. The average molecular weight is 357 g/mol. The van der Waals surface area contributed by atoms with Crippen molar-refractivity contribution in [1.82, 2.24) is 15.1 Å². The second-order valence-electron chi connectivity index (χ2n) is 6.58. The number of anilines is 2. The van der Waals surface area contributed by atoms with Crippen LogP contribution in [0, 0.1) is 5.92 Å². The fourth-order valence-electron chi connectivity index (χ4n) is 3.24. The molecule has 0 radical (unpaired) electrons. The lowest BCUT2D eigenvalue weighted by Gasteiger charge is -2.34. The van der Waals surface area contributed by atoms with E-state index in [1.165, 1.54) is 5.69 Å². The van der Waals surface area contributed by atoms with Gasteiger partial charge >= 0.3 is 6.03 Å². The van der Waals surface area contributed by atoms with E-state index in [-0.39, 0.29) is 6.03 Å². The average Bonchev–Trinajstić information content (AvgIpc) is 3.13. The van der Waals surface area contributed by atoms with Crippen molar-refractivity contribution in [2.75, 3.05) is 43.6 Å². The zero-order valence-electron chi connectivity index (χ0n) is 15.2. The molecule has 1 aliphatic rings. The molecule has 0 saturated carbocycles. The summed E-state index contributed by atoms with van der Waals surface area (Å²) >= 11 is 0. The van der Waals surface area contributed by atoms with Crippen molar-refractivity contribution in [1.29, 1.82) is 0 Å². The van der Waals surface area contributed by atoms with Gasteiger partial charge in [0.15, 0.2) is 5.82 Å². The monoisotopic (exact) mass is 357 g/mol. The fourth-order valence-corrected chi connectivity index (χ4v) is 3.24. The molecule has 1 aliphatic heterocycles. The molecule has 1 saturated heterocycles. The molecule has 140 valence electrons. The largest absolute Gasteiger partial charge is 0.383 e. The molecule has 0 bridgehead atoms. The van der Waals surface area contributed by atoms with Gasteiger partial charge in [0.25, 0.3) is 0 Å². The van der Waals surface area contributed by atoms with Crippen LogP contribution >= 0.6 is 0 Å². The molecule has 1 aromatic heterocycles. The van der Waals surface area contributed by atoms with Gasteiger partial charge in [-0.2, -0.15) is 5.10 Å². The first-order valence-corrected chi connectivity index (χ1v) is 9.12. The maximum atomic E-state index is 12.1. The van der Waals surface area contributed by atoms with Crippen molar-refractivity contribution in [3.8, 4) is 0 Å². The Labute approximate surface area is 154 Å².